The Kier molecular flexibility index (Phi) is 3.15. The Morgan fingerprint density at radius 1 is 1.44 bits per heavy atom. The fourth-order valence-electron chi connectivity index (χ4n) is 2.20. The molecule has 1 atom stereocenters. The predicted octanol–water partition coefficient (Wildman–Crippen LogP) is 2.87. The molecular formula is C13H18FNO. The first-order valence-electron chi connectivity index (χ1n) is 5.80. The fourth-order valence-corrected chi connectivity index (χ4v) is 2.20. The van der Waals surface area contributed by atoms with Gasteiger partial charge in [-0.15, -0.1) is 0 Å². The van der Waals surface area contributed by atoms with Gasteiger partial charge in [0.1, 0.15) is 5.82 Å². The molecule has 1 aliphatic carbocycles. The van der Waals surface area contributed by atoms with Crippen LogP contribution in [0.4, 0.5) is 10.1 Å². The van der Waals surface area contributed by atoms with Crippen LogP contribution in [-0.2, 0) is 0 Å². The molecule has 2 nitrogen and oxygen atoms in total. The smallest absolute Gasteiger partial charge is 0.146 e. The van der Waals surface area contributed by atoms with Gasteiger partial charge in [-0.2, -0.15) is 0 Å². The van der Waals surface area contributed by atoms with Crippen LogP contribution in [0.2, 0.25) is 0 Å². The number of aliphatic hydroxyl groups excluding tert-OH is 1. The van der Waals surface area contributed by atoms with Crippen LogP contribution < -0.4 is 4.90 Å². The van der Waals surface area contributed by atoms with E-state index in [1.807, 2.05) is 11.9 Å². The molecule has 0 aromatic heterocycles. The van der Waals surface area contributed by atoms with Crippen LogP contribution in [0, 0.1) is 5.82 Å². The number of hydrogen-bond acceptors (Lipinski definition) is 2. The molecule has 0 amide bonds. The van der Waals surface area contributed by atoms with Gasteiger partial charge in [0.25, 0.3) is 0 Å². The van der Waals surface area contributed by atoms with E-state index >= 15 is 0 Å². The first kappa shape index (κ1) is 11.4. The number of aliphatic hydroxyl groups is 1. The maximum atomic E-state index is 13.8. The van der Waals surface area contributed by atoms with Gasteiger partial charge in [-0.05, 0) is 32.3 Å². The van der Waals surface area contributed by atoms with Gasteiger partial charge in [-0.1, -0.05) is 12.1 Å². The molecule has 88 valence electrons. The van der Waals surface area contributed by atoms with E-state index in [-0.39, 0.29) is 5.82 Å². The molecule has 1 N–H and O–H groups in total. The highest BCUT2D eigenvalue weighted by atomic mass is 19.1. The second-order valence-corrected chi connectivity index (χ2v) is 4.55. The average Bonchev–Trinajstić information content (AvgIpc) is 2.14. The van der Waals surface area contributed by atoms with Crippen molar-refractivity contribution in [1.82, 2.24) is 0 Å². The van der Waals surface area contributed by atoms with Gasteiger partial charge in [0.05, 0.1) is 11.8 Å². The van der Waals surface area contributed by atoms with E-state index in [0.717, 1.165) is 12.8 Å². The monoisotopic (exact) mass is 223 g/mol. The van der Waals surface area contributed by atoms with Crippen molar-refractivity contribution in [2.45, 2.75) is 38.3 Å². The van der Waals surface area contributed by atoms with E-state index in [4.69, 9.17) is 0 Å². The van der Waals surface area contributed by atoms with Crippen molar-refractivity contribution in [3.8, 4) is 0 Å². The summed E-state index contributed by atoms with van der Waals surface area (Å²) in [5, 5.41) is 9.66. The van der Waals surface area contributed by atoms with Crippen molar-refractivity contribution >= 4 is 5.69 Å². The highest BCUT2D eigenvalue weighted by molar-refractivity contribution is 5.56. The second kappa shape index (κ2) is 4.42. The molecule has 0 saturated heterocycles. The van der Waals surface area contributed by atoms with E-state index in [0.29, 0.717) is 17.3 Å². The Balaban J connectivity index is 2.36. The molecule has 0 aliphatic heterocycles. The topological polar surface area (TPSA) is 23.5 Å². The van der Waals surface area contributed by atoms with Gasteiger partial charge in [0, 0.05) is 18.7 Å². The first-order valence-corrected chi connectivity index (χ1v) is 5.80. The van der Waals surface area contributed by atoms with E-state index in [1.165, 1.54) is 12.5 Å². The molecule has 1 saturated carbocycles. The van der Waals surface area contributed by atoms with Crippen LogP contribution >= 0.6 is 0 Å². The zero-order valence-corrected chi connectivity index (χ0v) is 9.78. The minimum absolute atomic E-state index is 0.243. The van der Waals surface area contributed by atoms with Crippen LogP contribution in [-0.4, -0.2) is 18.2 Å². The summed E-state index contributed by atoms with van der Waals surface area (Å²) in [5.74, 6) is -0.243. The third kappa shape index (κ3) is 1.92. The Labute approximate surface area is 95.7 Å². The highest BCUT2D eigenvalue weighted by Gasteiger charge is 2.26. The lowest BCUT2D eigenvalue weighted by Gasteiger charge is -2.37. The highest BCUT2D eigenvalue weighted by Crippen LogP contribution is 2.34. The SMILES string of the molecule is C[C@@H](O)c1cccc(F)c1N(C)C1CCC1. The summed E-state index contributed by atoms with van der Waals surface area (Å²) in [4.78, 5) is 1.97. The number of anilines is 1. The zero-order valence-electron chi connectivity index (χ0n) is 9.78. The third-order valence-electron chi connectivity index (χ3n) is 3.44. The van der Waals surface area contributed by atoms with Gasteiger partial charge in [-0.3, -0.25) is 0 Å². The van der Waals surface area contributed by atoms with Gasteiger partial charge < -0.3 is 10.0 Å². The lowest BCUT2D eigenvalue weighted by Crippen LogP contribution is -2.38. The van der Waals surface area contributed by atoms with E-state index in [9.17, 15) is 9.50 Å². The molecule has 1 fully saturated rings. The fraction of sp³-hybridized carbons (Fsp3) is 0.538. The standard InChI is InChI=1S/C13H18FNO/c1-9(16)11-7-4-8-12(14)13(11)15(2)10-5-3-6-10/h4,7-10,16H,3,5-6H2,1-2H3/t9-/m1/s1. The number of rotatable bonds is 3. The molecule has 1 aromatic carbocycles. The van der Waals surface area contributed by atoms with Crippen molar-refractivity contribution in [2.24, 2.45) is 0 Å². The van der Waals surface area contributed by atoms with E-state index in [1.54, 1.807) is 19.1 Å². The predicted molar refractivity (Wildman–Crippen MR) is 63.1 cm³/mol. The minimum atomic E-state index is -0.631. The maximum absolute atomic E-state index is 13.8. The normalized spacial score (nSPS) is 18.0. The summed E-state index contributed by atoms with van der Waals surface area (Å²) < 4.78 is 13.8. The lowest BCUT2D eigenvalue weighted by molar-refractivity contribution is 0.199. The van der Waals surface area contributed by atoms with Crippen LogP contribution in [0.25, 0.3) is 0 Å². The third-order valence-corrected chi connectivity index (χ3v) is 3.44. The van der Waals surface area contributed by atoms with E-state index in [2.05, 4.69) is 0 Å². The van der Waals surface area contributed by atoms with Crippen molar-refractivity contribution in [3.05, 3.63) is 29.6 Å². The summed E-state index contributed by atoms with van der Waals surface area (Å²) in [7, 11) is 1.91. The Bertz CT molecular complexity index is 374. The van der Waals surface area contributed by atoms with Crippen molar-refractivity contribution in [1.29, 1.82) is 0 Å². The molecule has 0 unspecified atom stereocenters. The molecule has 2 rings (SSSR count). The molecule has 1 aliphatic rings. The van der Waals surface area contributed by atoms with Gasteiger partial charge >= 0.3 is 0 Å². The van der Waals surface area contributed by atoms with E-state index < -0.39 is 6.10 Å². The maximum Gasteiger partial charge on any atom is 0.146 e. The Hall–Kier alpha value is -1.09. The molecule has 0 spiro atoms. The van der Waals surface area contributed by atoms with Crippen LogP contribution in [0.5, 0.6) is 0 Å². The molecule has 0 radical (unpaired) electrons. The lowest BCUT2D eigenvalue weighted by atomic mass is 9.90. The summed E-state index contributed by atoms with van der Waals surface area (Å²) in [6.07, 6.45) is 2.81. The largest absolute Gasteiger partial charge is 0.389 e. The number of halogens is 1. The molecule has 0 bridgehead atoms. The number of nitrogens with zero attached hydrogens (tertiary/aromatic N) is 1. The number of benzene rings is 1. The van der Waals surface area contributed by atoms with Crippen LogP contribution in [0.1, 0.15) is 37.9 Å². The number of para-hydroxylation sites is 1. The summed E-state index contributed by atoms with van der Waals surface area (Å²) in [6.45, 7) is 1.67. The van der Waals surface area contributed by atoms with Crippen molar-refractivity contribution in [2.75, 3.05) is 11.9 Å². The van der Waals surface area contributed by atoms with Crippen LogP contribution in [0.3, 0.4) is 0 Å². The Morgan fingerprint density at radius 3 is 2.62 bits per heavy atom. The molecular weight excluding hydrogens is 205 g/mol. The zero-order chi connectivity index (χ0) is 11.7. The first-order chi connectivity index (χ1) is 7.61. The van der Waals surface area contributed by atoms with Gasteiger partial charge in [-0.25, -0.2) is 4.39 Å². The Morgan fingerprint density at radius 2 is 2.12 bits per heavy atom. The molecule has 0 heterocycles. The van der Waals surface area contributed by atoms with Gasteiger partial charge in [0.15, 0.2) is 0 Å². The summed E-state index contributed by atoms with van der Waals surface area (Å²) in [6, 6.07) is 5.32. The van der Waals surface area contributed by atoms with Crippen molar-refractivity contribution in [3.63, 3.8) is 0 Å². The average molecular weight is 223 g/mol. The quantitative estimate of drug-likeness (QED) is 0.851. The molecule has 16 heavy (non-hydrogen) atoms. The van der Waals surface area contributed by atoms with Crippen LogP contribution in [0.15, 0.2) is 18.2 Å². The molecule has 1 aromatic rings. The summed E-state index contributed by atoms with van der Waals surface area (Å²) in [5.41, 5.74) is 1.23. The number of hydrogen-bond donors (Lipinski definition) is 1. The second-order valence-electron chi connectivity index (χ2n) is 4.55. The minimum Gasteiger partial charge on any atom is -0.389 e. The molecule has 3 heteroatoms. The van der Waals surface area contributed by atoms with Gasteiger partial charge in [0.2, 0.25) is 0 Å². The summed E-state index contributed by atoms with van der Waals surface area (Å²) >= 11 is 0. The van der Waals surface area contributed by atoms with Crippen molar-refractivity contribution < 1.29 is 9.50 Å².